The van der Waals surface area contributed by atoms with Crippen molar-refractivity contribution in [2.24, 2.45) is 0 Å². The summed E-state index contributed by atoms with van der Waals surface area (Å²) in [6.45, 7) is 7.53. The van der Waals surface area contributed by atoms with E-state index in [1.807, 2.05) is 28.9 Å². The number of halogens is 1. The van der Waals surface area contributed by atoms with E-state index in [1.54, 1.807) is 0 Å². The lowest BCUT2D eigenvalue weighted by Gasteiger charge is -2.13. The summed E-state index contributed by atoms with van der Waals surface area (Å²) in [7, 11) is 0. The molecule has 1 aliphatic rings. The van der Waals surface area contributed by atoms with Crippen molar-refractivity contribution in [2.75, 3.05) is 6.54 Å². The number of hydrogen-bond acceptors (Lipinski definition) is 2. The van der Waals surface area contributed by atoms with Crippen LogP contribution < -0.4 is 5.32 Å². The highest BCUT2D eigenvalue weighted by atomic mass is 35.5. The van der Waals surface area contributed by atoms with Gasteiger partial charge in [0, 0.05) is 28.9 Å². The van der Waals surface area contributed by atoms with E-state index in [4.69, 9.17) is 16.7 Å². The van der Waals surface area contributed by atoms with E-state index in [2.05, 4.69) is 26.1 Å². The van der Waals surface area contributed by atoms with Crippen LogP contribution in [0.5, 0.6) is 0 Å². The second-order valence-electron chi connectivity index (χ2n) is 6.06. The van der Waals surface area contributed by atoms with E-state index < -0.39 is 0 Å². The third-order valence-corrected chi connectivity index (χ3v) is 4.42. The Morgan fingerprint density at radius 2 is 2.14 bits per heavy atom. The van der Waals surface area contributed by atoms with Crippen molar-refractivity contribution in [3.8, 4) is 5.69 Å². The fraction of sp³-hybridized carbons (Fsp3) is 0.471. The third kappa shape index (κ3) is 3.14. The minimum atomic E-state index is 0.471. The molecule has 1 N–H and O–H groups in total. The van der Waals surface area contributed by atoms with Gasteiger partial charge in [-0.05, 0) is 50.8 Å². The Kier molecular flexibility index (Phi) is 4.05. The number of aryl methyl sites for hydroxylation is 1. The first-order chi connectivity index (χ1) is 10.1. The van der Waals surface area contributed by atoms with Crippen LogP contribution in [0, 0.1) is 13.8 Å². The van der Waals surface area contributed by atoms with Gasteiger partial charge in [0.15, 0.2) is 0 Å². The molecule has 2 aromatic rings. The Morgan fingerprint density at radius 1 is 1.38 bits per heavy atom. The maximum absolute atomic E-state index is 6.10. The SMILES string of the molecule is Cc1nn(-c2cccc(Cl)c2)c(C)c1C(C)CNC1CC1. The lowest BCUT2D eigenvalue weighted by Crippen LogP contribution is -2.22. The molecule has 1 fully saturated rings. The van der Waals surface area contributed by atoms with Crippen LogP contribution in [-0.4, -0.2) is 22.4 Å². The average molecular weight is 304 g/mol. The Labute approximate surface area is 131 Å². The summed E-state index contributed by atoms with van der Waals surface area (Å²) in [5.41, 5.74) is 4.69. The van der Waals surface area contributed by atoms with Crippen molar-refractivity contribution >= 4 is 11.6 Å². The molecule has 0 amide bonds. The normalized spacial score (nSPS) is 16.2. The van der Waals surface area contributed by atoms with Gasteiger partial charge in [-0.2, -0.15) is 5.10 Å². The van der Waals surface area contributed by atoms with E-state index in [-0.39, 0.29) is 0 Å². The zero-order valence-corrected chi connectivity index (χ0v) is 13.6. The first-order valence-corrected chi connectivity index (χ1v) is 7.99. The summed E-state index contributed by atoms with van der Waals surface area (Å²) in [6.07, 6.45) is 2.65. The molecule has 1 aromatic carbocycles. The van der Waals surface area contributed by atoms with Crippen LogP contribution in [0.25, 0.3) is 5.69 Å². The first-order valence-electron chi connectivity index (χ1n) is 7.61. The van der Waals surface area contributed by atoms with Crippen LogP contribution in [-0.2, 0) is 0 Å². The molecule has 3 nitrogen and oxygen atoms in total. The minimum Gasteiger partial charge on any atom is -0.313 e. The molecule has 112 valence electrons. The maximum Gasteiger partial charge on any atom is 0.0663 e. The fourth-order valence-electron chi connectivity index (χ4n) is 2.96. The van der Waals surface area contributed by atoms with Gasteiger partial charge in [0.25, 0.3) is 0 Å². The summed E-state index contributed by atoms with van der Waals surface area (Å²) in [4.78, 5) is 0. The molecule has 1 aliphatic carbocycles. The molecular formula is C17H22ClN3. The molecule has 0 aliphatic heterocycles. The van der Waals surface area contributed by atoms with Gasteiger partial charge in [-0.3, -0.25) is 0 Å². The van der Waals surface area contributed by atoms with Crippen molar-refractivity contribution < 1.29 is 0 Å². The van der Waals surface area contributed by atoms with Gasteiger partial charge >= 0.3 is 0 Å². The number of rotatable bonds is 5. The largest absolute Gasteiger partial charge is 0.313 e. The summed E-state index contributed by atoms with van der Waals surface area (Å²) in [5, 5.41) is 9.07. The monoisotopic (exact) mass is 303 g/mol. The smallest absolute Gasteiger partial charge is 0.0663 e. The van der Waals surface area contributed by atoms with Crippen molar-refractivity contribution in [1.82, 2.24) is 15.1 Å². The van der Waals surface area contributed by atoms with Gasteiger partial charge in [0.2, 0.25) is 0 Å². The summed E-state index contributed by atoms with van der Waals surface area (Å²) in [5.74, 6) is 0.471. The van der Waals surface area contributed by atoms with Crippen LogP contribution in [0.1, 0.15) is 42.6 Å². The van der Waals surface area contributed by atoms with Gasteiger partial charge in [-0.1, -0.05) is 24.6 Å². The molecule has 0 radical (unpaired) electrons. The first kappa shape index (κ1) is 14.6. The van der Waals surface area contributed by atoms with Crippen molar-refractivity contribution in [3.63, 3.8) is 0 Å². The highest BCUT2D eigenvalue weighted by Gasteiger charge is 2.23. The molecule has 3 rings (SSSR count). The van der Waals surface area contributed by atoms with Crippen molar-refractivity contribution in [1.29, 1.82) is 0 Å². The second kappa shape index (κ2) is 5.82. The molecule has 1 aromatic heterocycles. The van der Waals surface area contributed by atoms with Crippen molar-refractivity contribution in [3.05, 3.63) is 46.2 Å². The molecule has 21 heavy (non-hydrogen) atoms. The molecule has 0 spiro atoms. The Balaban J connectivity index is 1.88. The summed E-state index contributed by atoms with van der Waals surface area (Å²) < 4.78 is 2.00. The maximum atomic E-state index is 6.10. The number of aromatic nitrogens is 2. The minimum absolute atomic E-state index is 0.471. The molecule has 1 atom stereocenters. The molecule has 1 saturated carbocycles. The van der Waals surface area contributed by atoms with Gasteiger partial charge < -0.3 is 5.32 Å². The van der Waals surface area contributed by atoms with E-state index in [9.17, 15) is 0 Å². The fourth-order valence-corrected chi connectivity index (χ4v) is 3.14. The average Bonchev–Trinajstić information content (AvgIpc) is 3.22. The van der Waals surface area contributed by atoms with E-state index >= 15 is 0 Å². The number of benzene rings is 1. The standard InChI is InChI=1S/C17H22ClN3/c1-11(10-19-15-7-8-15)17-12(2)20-21(13(17)3)16-6-4-5-14(18)9-16/h4-6,9,11,15,19H,7-8,10H2,1-3H3. The highest BCUT2D eigenvalue weighted by molar-refractivity contribution is 6.30. The summed E-state index contributed by atoms with van der Waals surface area (Å²) in [6, 6.07) is 8.60. The predicted molar refractivity (Wildman–Crippen MR) is 87.5 cm³/mol. The Bertz CT molecular complexity index is 643. The lowest BCUT2D eigenvalue weighted by atomic mass is 9.99. The van der Waals surface area contributed by atoms with Crippen LogP contribution >= 0.6 is 11.6 Å². The molecule has 1 unspecified atom stereocenters. The zero-order valence-electron chi connectivity index (χ0n) is 12.9. The number of nitrogens with zero attached hydrogens (tertiary/aromatic N) is 2. The topological polar surface area (TPSA) is 29.9 Å². The van der Waals surface area contributed by atoms with Crippen LogP contribution in [0.15, 0.2) is 24.3 Å². The van der Waals surface area contributed by atoms with Gasteiger partial charge in [0.1, 0.15) is 0 Å². The van der Waals surface area contributed by atoms with Crippen LogP contribution in [0.2, 0.25) is 5.02 Å². The van der Waals surface area contributed by atoms with Crippen LogP contribution in [0.4, 0.5) is 0 Å². The van der Waals surface area contributed by atoms with Gasteiger partial charge in [-0.25, -0.2) is 4.68 Å². The molecule has 1 heterocycles. The molecular weight excluding hydrogens is 282 g/mol. The van der Waals surface area contributed by atoms with Gasteiger partial charge in [0.05, 0.1) is 11.4 Å². The predicted octanol–water partition coefficient (Wildman–Crippen LogP) is 4.00. The molecule has 0 saturated heterocycles. The van der Waals surface area contributed by atoms with Gasteiger partial charge in [-0.15, -0.1) is 0 Å². The van der Waals surface area contributed by atoms with E-state index in [0.717, 1.165) is 29.0 Å². The van der Waals surface area contributed by atoms with E-state index in [1.165, 1.54) is 24.1 Å². The number of nitrogens with one attached hydrogen (secondary N) is 1. The quantitative estimate of drug-likeness (QED) is 0.905. The second-order valence-corrected chi connectivity index (χ2v) is 6.50. The third-order valence-electron chi connectivity index (χ3n) is 4.18. The Morgan fingerprint density at radius 3 is 2.81 bits per heavy atom. The van der Waals surface area contributed by atoms with E-state index in [0.29, 0.717) is 5.92 Å². The molecule has 4 heteroatoms. The Hall–Kier alpha value is -1.32. The highest BCUT2D eigenvalue weighted by Crippen LogP contribution is 2.27. The van der Waals surface area contributed by atoms with Crippen molar-refractivity contribution in [2.45, 2.75) is 45.6 Å². The summed E-state index contributed by atoms with van der Waals surface area (Å²) >= 11 is 6.10. The lowest BCUT2D eigenvalue weighted by molar-refractivity contribution is 0.608. The van der Waals surface area contributed by atoms with Crippen LogP contribution in [0.3, 0.4) is 0 Å². The number of hydrogen-bond donors (Lipinski definition) is 1. The molecule has 0 bridgehead atoms. The zero-order chi connectivity index (χ0) is 15.0.